The molecule has 0 spiro atoms. The van der Waals surface area contributed by atoms with E-state index in [-0.39, 0.29) is 0 Å². The van der Waals surface area contributed by atoms with Crippen LogP contribution in [0.15, 0.2) is 0 Å². The third-order valence-electron chi connectivity index (χ3n) is 6.08. The summed E-state index contributed by atoms with van der Waals surface area (Å²) in [5.41, 5.74) is 0.316. The van der Waals surface area contributed by atoms with Crippen molar-refractivity contribution in [3.05, 3.63) is 0 Å². The van der Waals surface area contributed by atoms with E-state index in [0.717, 1.165) is 30.1 Å². The van der Waals surface area contributed by atoms with Crippen LogP contribution in [0.2, 0.25) is 0 Å². The smallest absolute Gasteiger partial charge is 0.133 e. The van der Waals surface area contributed by atoms with Crippen molar-refractivity contribution in [2.45, 2.75) is 60.3 Å². The van der Waals surface area contributed by atoms with Crippen LogP contribution < -0.4 is 0 Å². The Labute approximate surface area is 106 Å². The summed E-state index contributed by atoms with van der Waals surface area (Å²) in [5.74, 6) is 4.05. The average Bonchev–Trinajstić information content (AvgIpc) is 2.56. The first-order chi connectivity index (χ1) is 7.88. The minimum atomic E-state index is 0.316. The van der Waals surface area contributed by atoms with E-state index in [1.807, 2.05) is 0 Å². The van der Waals surface area contributed by atoms with Crippen molar-refractivity contribution in [3.63, 3.8) is 0 Å². The van der Waals surface area contributed by atoms with Crippen molar-refractivity contribution in [3.8, 4) is 0 Å². The van der Waals surface area contributed by atoms with Gasteiger partial charge in [-0.05, 0) is 61.7 Å². The second-order valence-electron chi connectivity index (χ2n) is 7.16. The Hall–Kier alpha value is -0.330. The van der Waals surface area contributed by atoms with Gasteiger partial charge in [0.15, 0.2) is 0 Å². The summed E-state index contributed by atoms with van der Waals surface area (Å²) in [7, 11) is 0. The third kappa shape index (κ3) is 1.96. The van der Waals surface area contributed by atoms with Crippen LogP contribution in [0.1, 0.15) is 60.3 Å². The van der Waals surface area contributed by atoms with Gasteiger partial charge in [-0.15, -0.1) is 0 Å². The van der Waals surface area contributed by atoms with Gasteiger partial charge in [0.05, 0.1) is 0 Å². The Bertz CT molecular complexity index is 307. The summed E-state index contributed by atoms with van der Waals surface area (Å²) in [6.45, 7) is 11.4. The van der Waals surface area contributed by atoms with Crippen LogP contribution >= 0.6 is 0 Å². The molecule has 2 aliphatic carbocycles. The molecule has 1 heteroatoms. The van der Waals surface area contributed by atoms with Crippen LogP contribution in [0.3, 0.4) is 0 Å². The molecule has 17 heavy (non-hydrogen) atoms. The molecule has 2 aliphatic rings. The van der Waals surface area contributed by atoms with Crippen LogP contribution in [0.25, 0.3) is 0 Å². The predicted molar refractivity (Wildman–Crippen MR) is 71.7 cm³/mol. The first-order valence-electron chi connectivity index (χ1n) is 7.38. The lowest BCUT2D eigenvalue weighted by molar-refractivity contribution is -0.126. The van der Waals surface area contributed by atoms with Crippen LogP contribution in [-0.2, 0) is 4.79 Å². The highest BCUT2D eigenvalue weighted by atomic mass is 16.1. The number of carbonyl (C=O) groups excluding carboxylic acids is 1. The van der Waals surface area contributed by atoms with Gasteiger partial charge in [-0.25, -0.2) is 0 Å². The molecule has 0 amide bonds. The van der Waals surface area contributed by atoms with Crippen molar-refractivity contribution in [2.75, 3.05) is 0 Å². The zero-order valence-electron chi connectivity index (χ0n) is 12.1. The molecular weight excluding hydrogens is 208 g/mol. The highest BCUT2D eigenvalue weighted by Crippen LogP contribution is 2.59. The van der Waals surface area contributed by atoms with E-state index in [2.05, 4.69) is 27.7 Å². The summed E-state index contributed by atoms with van der Waals surface area (Å²) in [6, 6.07) is 0. The summed E-state index contributed by atoms with van der Waals surface area (Å²) < 4.78 is 0. The Morgan fingerprint density at radius 1 is 1.24 bits per heavy atom. The fraction of sp³-hybridized carbons (Fsp3) is 0.938. The quantitative estimate of drug-likeness (QED) is 0.698. The van der Waals surface area contributed by atoms with Crippen LogP contribution in [0.4, 0.5) is 0 Å². The maximum atomic E-state index is 11.8. The van der Waals surface area contributed by atoms with Gasteiger partial charge in [0.2, 0.25) is 0 Å². The maximum absolute atomic E-state index is 11.8. The highest BCUT2D eigenvalue weighted by molar-refractivity contribution is 5.79. The molecule has 2 rings (SSSR count). The molecule has 2 saturated carbocycles. The molecule has 0 aromatic heterocycles. The largest absolute Gasteiger partial charge is 0.300 e. The number of Topliss-reactive ketones (excluding diaryl/α,β-unsaturated/α-hetero) is 1. The maximum Gasteiger partial charge on any atom is 0.133 e. The van der Waals surface area contributed by atoms with E-state index in [1.165, 1.54) is 19.3 Å². The van der Waals surface area contributed by atoms with Crippen molar-refractivity contribution in [1.29, 1.82) is 0 Å². The van der Waals surface area contributed by atoms with Gasteiger partial charge in [0.25, 0.3) is 0 Å². The highest BCUT2D eigenvalue weighted by Gasteiger charge is 2.53. The van der Waals surface area contributed by atoms with Gasteiger partial charge in [-0.3, -0.25) is 4.79 Å². The van der Waals surface area contributed by atoms with Crippen molar-refractivity contribution in [1.82, 2.24) is 0 Å². The van der Waals surface area contributed by atoms with Crippen molar-refractivity contribution < 1.29 is 4.79 Å². The Kier molecular flexibility index (Phi) is 3.40. The monoisotopic (exact) mass is 236 g/mol. The predicted octanol–water partition coefficient (Wildman–Crippen LogP) is 4.31. The Morgan fingerprint density at radius 3 is 2.41 bits per heavy atom. The second-order valence-corrected chi connectivity index (χ2v) is 7.16. The second kappa shape index (κ2) is 4.40. The fourth-order valence-corrected chi connectivity index (χ4v) is 5.13. The number of fused-ring (bicyclic) bond motifs is 1. The lowest BCUT2D eigenvalue weighted by Crippen LogP contribution is -2.43. The molecule has 0 heterocycles. The summed E-state index contributed by atoms with van der Waals surface area (Å²) >= 11 is 0. The molecule has 5 atom stereocenters. The van der Waals surface area contributed by atoms with E-state index in [9.17, 15) is 4.79 Å². The van der Waals surface area contributed by atoms with Crippen LogP contribution in [0, 0.1) is 35.0 Å². The van der Waals surface area contributed by atoms with Crippen molar-refractivity contribution >= 4 is 5.78 Å². The minimum absolute atomic E-state index is 0.316. The molecule has 98 valence electrons. The van der Waals surface area contributed by atoms with Gasteiger partial charge in [0, 0.05) is 5.92 Å². The molecule has 0 unspecified atom stereocenters. The van der Waals surface area contributed by atoms with Gasteiger partial charge in [-0.1, -0.05) is 27.7 Å². The first-order valence-corrected chi connectivity index (χ1v) is 7.38. The average molecular weight is 236 g/mol. The lowest BCUT2D eigenvalue weighted by atomic mass is 9.56. The van der Waals surface area contributed by atoms with E-state index in [1.54, 1.807) is 6.92 Å². The van der Waals surface area contributed by atoms with E-state index < -0.39 is 0 Å². The number of hydrogen-bond acceptors (Lipinski definition) is 1. The van der Waals surface area contributed by atoms with Crippen LogP contribution in [0.5, 0.6) is 0 Å². The molecule has 2 fully saturated rings. The van der Waals surface area contributed by atoms with Crippen molar-refractivity contribution in [2.24, 2.45) is 35.0 Å². The molecule has 0 N–H and O–H groups in total. The first kappa shape index (κ1) is 13.1. The summed E-state index contributed by atoms with van der Waals surface area (Å²) in [6.07, 6.45) is 5.03. The van der Waals surface area contributed by atoms with Gasteiger partial charge in [-0.2, -0.15) is 0 Å². The molecule has 0 radical (unpaired) electrons. The van der Waals surface area contributed by atoms with Crippen LogP contribution in [-0.4, -0.2) is 5.78 Å². The minimum Gasteiger partial charge on any atom is -0.300 e. The Morgan fingerprint density at radius 2 is 1.88 bits per heavy atom. The zero-order valence-corrected chi connectivity index (χ0v) is 12.1. The molecule has 0 aromatic rings. The normalized spacial score (nSPS) is 46.0. The number of rotatable bonds is 2. The van der Waals surface area contributed by atoms with Gasteiger partial charge in [0.1, 0.15) is 5.78 Å². The number of carbonyl (C=O) groups is 1. The SMILES string of the molecule is CC(=O)[C@@H]1CC[C@H]2[C@H](C)[C@@H](C(C)C)CC[C@]12C. The van der Waals surface area contributed by atoms with E-state index >= 15 is 0 Å². The molecule has 0 bridgehead atoms. The van der Waals surface area contributed by atoms with Gasteiger partial charge < -0.3 is 0 Å². The zero-order chi connectivity index (χ0) is 12.8. The van der Waals surface area contributed by atoms with E-state index in [4.69, 9.17) is 0 Å². The molecule has 1 nitrogen and oxygen atoms in total. The fourth-order valence-electron chi connectivity index (χ4n) is 5.13. The molecule has 0 aliphatic heterocycles. The summed E-state index contributed by atoms with van der Waals surface area (Å²) in [5, 5.41) is 0. The third-order valence-corrected chi connectivity index (χ3v) is 6.08. The van der Waals surface area contributed by atoms with Gasteiger partial charge >= 0.3 is 0 Å². The standard InChI is InChI=1S/C16H28O/c1-10(2)13-8-9-16(5)14(11(13)3)6-7-15(16)12(4)17/h10-11,13-15H,6-9H2,1-5H3/t11-,13-,14+,15+,16+/m1/s1. The Balaban J connectivity index is 2.21. The number of ketones is 1. The molecule has 0 saturated heterocycles. The lowest BCUT2D eigenvalue weighted by Gasteiger charge is -2.48. The number of hydrogen-bond donors (Lipinski definition) is 0. The molecule has 0 aromatic carbocycles. The topological polar surface area (TPSA) is 17.1 Å². The van der Waals surface area contributed by atoms with E-state index in [0.29, 0.717) is 17.1 Å². The summed E-state index contributed by atoms with van der Waals surface area (Å²) in [4.78, 5) is 11.8. The molecular formula is C16H28O.